The Bertz CT molecular complexity index is 1320. The van der Waals surface area contributed by atoms with Crippen LogP contribution in [0.1, 0.15) is 38.5 Å². The number of carbonyl (C=O) groups excluding carboxylic acids is 2. The molecule has 0 spiro atoms. The van der Waals surface area contributed by atoms with Crippen LogP contribution in [-0.4, -0.2) is 65.1 Å². The fourth-order valence-electron chi connectivity index (χ4n) is 4.24. The van der Waals surface area contributed by atoms with E-state index in [-0.39, 0.29) is 11.4 Å². The van der Waals surface area contributed by atoms with E-state index in [1.807, 2.05) is 0 Å². The Balaban J connectivity index is 2.31. The topological polar surface area (TPSA) is 326 Å². The molecule has 0 radical (unpaired) electrons. The van der Waals surface area contributed by atoms with Gasteiger partial charge in [-0.2, -0.15) is 0 Å². The van der Waals surface area contributed by atoms with Crippen molar-refractivity contribution in [2.75, 3.05) is 10.6 Å². The van der Waals surface area contributed by atoms with E-state index in [0.29, 0.717) is 0 Å². The lowest BCUT2D eigenvalue weighted by Crippen LogP contribution is -2.53. The quantitative estimate of drug-likeness (QED) is 0.0672. The highest BCUT2D eigenvalue weighted by Gasteiger charge is 2.70. The van der Waals surface area contributed by atoms with Crippen molar-refractivity contribution in [2.24, 2.45) is 0 Å². The third-order valence-electron chi connectivity index (χ3n) is 6.76. The predicted octanol–water partition coefficient (Wildman–Crippen LogP) is 2.33. The molecule has 23 heteroatoms. The first-order valence-corrected chi connectivity index (χ1v) is 13.3. The normalized spacial score (nSPS) is 12.5. The standard InChI is InChI=1S/C24H26N8O15/c33-21(19(25-17-9-3-1-4-10-17)13-7-15-23(27(35)36,28(37)38)29(39)40)47-22(34)20(26-18-11-5-2-6-12-18)14-8-16-24(30(41)42,31(43)44)32(45)46/h1-6,9-12,19-20,25-26H,7-8,13-16H2. The highest BCUT2D eigenvalue weighted by Crippen LogP contribution is 2.24. The Morgan fingerprint density at radius 3 is 1.09 bits per heavy atom. The minimum Gasteiger partial charge on any atom is -0.390 e. The molecule has 0 saturated carbocycles. The third-order valence-corrected chi connectivity index (χ3v) is 6.76. The molecule has 47 heavy (non-hydrogen) atoms. The molecule has 0 fully saturated rings. The van der Waals surface area contributed by atoms with Gasteiger partial charge in [-0.15, -0.1) is 0 Å². The molecule has 0 saturated heterocycles. The molecule has 2 atom stereocenters. The molecule has 0 amide bonds. The molecule has 0 aromatic heterocycles. The Labute approximate surface area is 261 Å². The van der Waals surface area contributed by atoms with Crippen LogP contribution in [0, 0.1) is 60.7 Å². The first-order valence-electron chi connectivity index (χ1n) is 13.3. The number of anilines is 2. The number of carbonyl (C=O) groups is 2. The fraction of sp³-hybridized carbons (Fsp3) is 0.417. The highest BCUT2D eigenvalue weighted by atomic mass is 16.7. The number of ether oxygens (including phenoxy) is 1. The second kappa shape index (κ2) is 16.1. The summed E-state index contributed by atoms with van der Waals surface area (Å²) < 4.78 is 4.96. The summed E-state index contributed by atoms with van der Waals surface area (Å²) in [6.07, 6.45) is -4.92. The first kappa shape index (κ1) is 36.8. The van der Waals surface area contributed by atoms with E-state index in [2.05, 4.69) is 10.6 Å². The van der Waals surface area contributed by atoms with Crippen LogP contribution in [0.5, 0.6) is 0 Å². The van der Waals surface area contributed by atoms with Gasteiger partial charge in [-0.05, 0) is 49.9 Å². The molecule has 2 rings (SSSR count). The molecule has 0 heterocycles. The summed E-state index contributed by atoms with van der Waals surface area (Å²) >= 11 is 0. The molecule has 2 unspecified atom stereocenters. The molecule has 252 valence electrons. The lowest BCUT2D eigenvalue weighted by atomic mass is 10.0. The Kier molecular flexibility index (Phi) is 12.6. The molecule has 2 aromatic carbocycles. The first-order chi connectivity index (χ1) is 22.1. The van der Waals surface area contributed by atoms with Crippen LogP contribution in [0.25, 0.3) is 0 Å². The van der Waals surface area contributed by atoms with Gasteiger partial charge in [-0.3, -0.25) is 60.7 Å². The van der Waals surface area contributed by atoms with Crippen molar-refractivity contribution < 1.29 is 43.9 Å². The molecule has 0 aliphatic carbocycles. The van der Waals surface area contributed by atoms with Crippen LogP contribution in [0.3, 0.4) is 0 Å². The van der Waals surface area contributed by atoms with Gasteiger partial charge in [0, 0.05) is 11.4 Å². The Morgan fingerprint density at radius 1 is 0.553 bits per heavy atom. The minimum atomic E-state index is -3.81. The maximum absolute atomic E-state index is 13.2. The fourth-order valence-corrected chi connectivity index (χ4v) is 4.24. The van der Waals surface area contributed by atoms with Crippen molar-refractivity contribution >= 4 is 23.3 Å². The van der Waals surface area contributed by atoms with E-state index in [4.69, 9.17) is 4.74 Å². The lowest BCUT2D eigenvalue weighted by Gasteiger charge is -2.21. The number of nitrogens with zero attached hydrogens (tertiary/aromatic N) is 6. The number of nitrogens with one attached hydrogen (secondary N) is 2. The van der Waals surface area contributed by atoms with Crippen molar-refractivity contribution in [3.05, 3.63) is 121 Å². The summed E-state index contributed by atoms with van der Waals surface area (Å²) in [6, 6.07) is 12.1. The predicted molar refractivity (Wildman–Crippen MR) is 154 cm³/mol. The summed E-state index contributed by atoms with van der Waals surface area (Å²) in [6.45, 7) is 0. The van der Waals surface area contributed by atoms with Crippen LogP contribution >= 0.6 is 0 Å². The van der Waals surface area contributed by atoms with Gasteiger partial charge in [-0.25, -0.2) is 9.59 Å². The number of esters is 2. The maximum atomic E-state index is 13.2. The maximum Gasteiger partial charge on any atom is 0.699 e. The molecule has 2 aromatic rings. The van der Waals surface area contributed by atoms with E-state index in [0.717, 1.165) is 0 Å². The van der Waals surface area contributed by atoms with Crippen LogP contribution in [-0.2, 0) is 14.3 Å². The summed E-state index contributed by atoms with van der Waals surface area (Å²) in [4.78, 5) is 84.0. The second-order valence-corrected chi connectivity index (χ2v) is 9.74. The van der Waals surface area contributed by atoms with Crippen LogP contribution in [0.2, 0.25) is 0 Å². The molecule has 2 N–H and O–H groups in total. The van der Waals surface area contributed by atoms with Crippen LogP contribution in [0.4, 0.5) is 11.4 Å². The van der Waals surface area contributed by atoms with Gasteiger partial charge < -0.3 is 15.4 Å². The van der Waals surface area contributed by atoms with Gasteiger partial charge in [0.1, 0.15) is 12.1 Å². The van der Waals surface area contributed by atoms with Gasteiger partial charge in [0.15, 0.2) is 42.4 Å². The number of para-hydroxylation sites is 2. The van der Waals surface area contributed by atoms with Gasteiger partial charge in [-0.1, -0.05) is 36.4 Å². The zero-order valence-corrected chi connectivity index (χ0v) is 24.0. The number of nitro groups is 6. The van der Waals surface area contributed by atoms with E-state index < -0.39 is 104 Å². The SMILES string of the molecule is O=C(OC(=O)C(CCCC([N+](=O)[O-])([N+](=O)[O-])[N+](=O)[O-])Nc1ccccc1)C(CCCC([N+](=O)[O-])([N+](=O)[O-])[N+](=O)[O-])Nc1ccccc1. The molecule has 23 nitrogen and oxygen atoms in total. The summed E-state index contributed by atoms with van der Waals surface area (Å²) in [7, 11) is 0. The average molecular weight is 667 g/mol. The van der Waals surface area contributed by atoms with Crippen molar-refractivity contribution in [2.45, 2.75) is 62.2 Å². The van der Waals surface area contributed by atoms with Gasteiger partial charge >= 0.3 is 23.5 Å². The summed E-state index contributed by atoms with van der Waals surface area (Å²) in [5, 5.41) is 73.1. The van der Waals surface area contributed by atoms with Crippen molar-refractivity contribution in [1.29, 1.82) is 0 Å². The van der Waals surface area contributed by atoms with E-state index in [9.17, 15) is 70.3 Å². The average Bonchev–Trinajstić information content (AvgIpc) is 3.00. The highest BCUT2D eigenvalue weighted by molar-refractivity contribution is 5.93. The van der Waals surface area contributed by atoms with Crippen molar-refractivity contribution in [3.63, 3.8) is 0 Å². The zero-order chi connectivity index (χ0) is 35.4. The van der Waals surface area contributed by atoms with Gasteiger partial charge in [0.2, 0.25) is 0 Å². The van der Waals surface area contributed by atoms with Gasteiger partial charge in [0.05, 0.1) is 0 Å². The summed E-state index contributed by atoms with van der Waals surface area (Å²) in [5.41, 5.74) is 0.501. The van der Waals surface area contributed by atoms with Crippen LogP contribution in [0.15, 0.2) is 60.7 Å². The van der Waals surface area contributed by atoms with E-state index >= 15 is 0 Å². The number of hydrogen-bond acceptors (Lipinski definition) is 17. The molecule has 0 bridgehead atoms. The largest absolute Gasteiger partial charge is 0.699 e. The summed E-state index contributed by atoms with van der Waals surface area (Å²) in [5.74, 6) is -10.3. The lowest BCUT2D eigenvalue weighted by molar-refractivity contribution is -0.970. The van der Waals surface area contributed by atoms with Crippen molar-refractivity contribution in [3.8, 4) is 0 Å². The Morgan fingerprint density at radius 2 is 0.830 bits per heavy atom. The molecule has 0 aliphatic heterocycles. The van der Waals surface area contributed by atoms with E-state index in [1.54, 1.807) is 12.1 Å². The Hall–Kier alpha value is -6.42. The smallest absolute Gasteiger partial charge is 0.390 e. The number of benzene rings is 2. The monoisotopic (exact) mass is 666 g/mol. The minimum absolute atomic E-state index is 0.251. The second-order valence-electron chi connectivity index (χ2n) is 9.74. The zero-order valence-electron chi connectivity index (χ0n) is 24.0. The molecular weight excluding hydrogens is 640 g/mol. The van der Waals surface area contributed by atoms with Crippen LogP contribution < -0.4 is 10.6 Å². The number of hydrogen-bond donors (Lipinski definition) is 2. The number of rotatable bonds is 20. The molecule has 0 aliphatic rings. The van der Waals surface area contributed by atoms with Crippen molar-refractivity contribution in [1.82, 2.24) is 0 Å². The molecular formula is C24H26N8O15. The van der Waals surface area contributed by atoms with E-state index in [1.165, 1.54) is 48.5 Å². The third kappa shape index (κ3) is 8.83. The van der Waals surface area contributed by atoms with Gasteiger partial charge in [0.25, 0.3) is 0 Å².